The molecule has 1 fully saturated rings. The third-order valence-electron chi connectivity index (χ3n) is 3.92. The van der Waals surface area contributed by atoms with Gasteiger partial charge in [0, 0.05) is 30.6 Å². The van der Waals surface area contributed by atoms with Crippen LogP contribution in [-0.2, 0) is 13.6 Å². The van der Waals surface area contributed by atoms with Crippen LogP contribution in [0.15, 0.2) is 35.6 Å². The van der Waals surface area contributed by atoms with Crippen molar-refractivity contribution in [3.8, 4) is 0 Å². The molecule has 0 bridgehead atoms. The first-order chi connectivity index (χ1) is 11.2. The Bertz CT molecular complexity index is 701. The molecule has 1 saturated carbocycles. The molecule has 0 saturated heterocycles. The Labute approximate surface area is 164 Å². The van der Waals surface area contributed by atoms with Crippen molar-refractivity contribution in [2.45, 2.75) is 31.8 Å². The van der Waals surface area contributed by atoms with Gasteiger partial charge in [-0.2, -0.15) is 5.10 Å². The number of hydrogen-bond acceptors (Lipinski definition) is 3. The van der Waals surface area contributed by atoms with Crippen molar-refractivity contribution in [2.75, 3.05) is 6.54 Å². The van der Waals surface area contributed by atoms with Gasteiger partial charge in [-0.15, -0.1) is 24.0 Å². The number of aromatic nitrogens is 3. The van der Waals surface area contributed by atoms with E-state index in [4.69, 9.17) is 11.6 Å². The molecule has 0 radical (unpaired) electrons. The molecule has 1 aromatic carbocycles. The van der Waals surface area contributed by atoms with Gasteiger partial charge < -0.3 is 10.6 Å². The van der Waals surface area contributed by atoms with Crippen LogP contribution in [0.3, 0.4) is 0 Å². The Kier molecular flexibility index (Phi) is 6.85. The van der Waals surface area contributed by atoms with Crippen molar-refractivity contribution in [2.24, 2.45) is 12.0 Å². The van der Waals surface area contributed by atoms with E-state index >= 15 is 0 Å². The summed E-state index contributed by atoms with van der Waals surface area (Å²) in [6.07, 6.45) is 2.63. The Hall–Kier alpha value is -1.35. The number of rotatable bonds is 5. The highest BCUT2D eigenvalue weighted by Crippen LogP contribution is 2.41. The standard InChI is InChI=1S/C16H21ClN6.HI/c1-3-18-16(19-9-15-20-10-21-23(15)2)22-14-8-13(14)11-5-4-6-12(17)7-11;/h4-7,10,13-14H,3,8-9H2,1-2H3,(H2,18,19,22);1H. The minimum atomic E-state index is 0. The van der Waals surface area contributed by atoms with E-state index in [0.29, 0.717) is 18.5 Å². The molecule has 1 aliphatic carbocycles. The van der Waals surface area contributed by atoms with Gasteiger partial charge in [-0.3, -0.25) is 4.68 Å². The first-order valence-corrected chi connectivity index (χ1v) is 8.18. The summed E-state index contributed by atoms with van der Waals surface area (Å²) in [5.41, 5.74) is 1.28. The maximum atomic E-state index is 6.07. The Balaban J connectivity index is 0.00000208. The third-order valence-corrected chi connectivity index (χ3v) is 4.15. The minimum absolute atomic E-state index is 0. The second-order valence-electron chi connectivity index (χ2n) is 5.64. The number of aliphatic imine (C=N–C) groups is 1. The van der Waals surface area contributed by atoms with Crippen LogP contribution < -0.4 is 10.6 Å². The van der Waals surface area contributed by atoms with E-state index in [-0.39, 0.29) is 24.0 Å². The van der Waals surface area contributed by atoms with Crippen LogP contribution >= 0.6 is 35.6 Å². The van der Waals surface area contributed by atoms with Gasteiger partial charge in [0.15, 0.2) is 5.96 Å². The number of halogens is 2. The van der Waals surface area contributed by atoms with Crippen LogP contribution in [0.1, 0.15) is 30.7 Å². The van der Waals surface area contributed by atoms with Crippen molar-refractivity contribution in [1.82, 2.24) is 25.4 Å². The van der Waals surface area contributed by atoms with Crippen LogP contribution in [0.4, 0.5) is 0 Å². The Morgan fingerprint density at radius 1 is 1.46 bits per heavy atom. The summed E-state index contributed by atoms with van der Waals surface area (Å²) in [4.78, 5) is 8.78. The third kappa shape index (κ3) is 4.83. The van der Waals surface area contributed by atoms with Gasteiger partial charge in [0.2, 0.25) is 0 Å². The molecule has 130 valence electrons. The zero-order chi connectivity index (χ0) is 16.2. The van der Waals surface area contributed by atoms with Crippen molar-refractivity contribution in [3.63, 3.8) is 0 Å². The molecule has 1 heterocycles. The average molecular weight is 461 g/mol. The molecule has 2 N–H and O–H groups in total. The number of aryl methyl sites for hydroxylation is 1. The van der Waals surface area contributed by atoms with Gasteiger partial charge in [-0.05, 0) is 31.0 Å². The lowest BCUT2D eigenvalue weighted by molar-refractivity contribution is 0.696. The van der Waals surface area contributed by atoms with Gasteiger partial charge in [-0.1, -0.05) is 23.7 Å². The Morgan fingerprint density at radius 2 is 2.29 bits per heavy atom. The summed E-state index contributed by atoms with van der Waals surface area (Å²) in [6.45, 7) is 3.38. The zero-order valence-corrected chi connectivity index (χ0v) is 16.8. The highest BCUT2D eigenvalue weighted by atomic mass is 127. The lowest BCUT2D eigenvalue weighted by atomic mass is 10.1. The van der Waals surface area contributed by atoms with Gasteiger partial charge in [0.05, 0.1) is 0 Å². The summed E-state index contributed by atoms with van der Waals surface area (Å²) >= 11 is 6.07. The number of nitrogens with one attached hydrogen (secondary N) is 2. The molecule has 2 aromatic rings. The van der Waals surface area contributed by atoms with Crippen molar-refractivity contribution in [3.05, 3.63) is 47.0 Å². The van der Waals surface area contributed by atoms with E-state index in [1.165, 1.54) is 5.56 Å². The van der Waals surface area contributed by atoms with Crippen molar-refractivity contribution >= 4 is 41.5 Å². The first kappa shape index (κ1) is 19.0. The highest BCUT2D eigenvalue weighted by molar-refractivity contribution is 14.0. The molecule has 0 spiro atoms. The summed E-state index contributed by atoms with van der Waals surface area (Å²) in [5, 5.41) is 11.6. The SMILES string of the molecule is CCNC(=NCc1ncnn1C)NC1CC1c1cccc(Cl)c1.I. The van der Waals surface area contributed by atoms with E-state index in [9.17, 15) is 0 Å². The summed E-state index contributed by atoms with van der Waals surface area (Å²) < 4.78 is 1.74. The molecule has 0 amide bonds. The molecule has 3 rings (SSSR count). The average Bonchev–Trinajstić information content (AvgIpc) is 3.18. The molecular weight excluding hydrogens is 439 g/mol. The zero-order valence-electron chi connectivity index (χ0n) is 13.7. The van der Waals surface area contributed by atoms with Crippen LogP contribution in [0.5, 0.6) is 0 Å². The normalized spacial score (nSPS) is 19.5. The van der Waals surface area contributed by atoms with Gasteiger partial charge >= 0.3 is 0 Å². The molecule has 1 aromatic heterocycles. The molecule has 8 heteroatoms. The fourth-order valence-electron chi connectivity index (χ4n) is 2.57. The van der Waals surface area contributed by atoms with Crippen LogP contribution in [0.2, 0.25) is 5.02 Å². The largest absolute Gasteiger partial charge is 0.357 e. The van der Waals surface area contributed by atoms with E-state index in [1.54, 1.807) is 11.0 Å². The predicted molar refractivity (Wildman–Crippen MR) is 107 cm³/mol. The van der Waals surface area contributed by atoms with E-state index in [0.717, 1.165) is 29.8 Å². The quantitative estimate of drug-likeness (QED) is 0.409. The minimum Gasteiger partial charge on any atom is -0.357 e. The van der Waals surface area contributed by atoms with Crippen LogP contribution in [-0.4, -0.2) is 33.3 Å². The Morgan fingerprint density at radius 3 is 2.96 bits per heavy atom. The van der Waals surface area contributed by atoms with Crippen molar-refractivity contribution < 1.29 is 0 Å². The molecular formula is C16H22ClIN6. The molecule has 1 aliphatic rings. The lowest BCUT2D eigenvalue weighted by Crippen LogP contribution is -2.39. The number of benzene rings is 1. The summed E-state index contributed by atoms with van der Waals surface area (Å²) in [7, 11) is 1.87. The van der Waals surface area contributed by atoms with E-state index < -0.39 is 0 Å². The molecule has 2 atom stereocenters. The molecule has 6 nitrogen and oxygen atoms in total. The predicted octanol–water partition coefficient (Wildman–Crippen LogP) is 2.70. The highest BCUT2D eigenvalue weighted by Gasteiger charge is 2.39. The molecule has 0 aliphatic heterocycles. The molecule has 24 heavy (non-hydrogen) atoms. The monoisotopic (exact) mass is 460 g/mol. The smallest absolute Gasteiger partial charge is 0.191 e. The first-order valence-electron chi connectivity index (χ1n) is 7.80. The summed E-state index contributed by atoms with van der Waals surface area (Å²) in [6, 6.07) is 8.47. The maximum Gasteiger partial charge on any atom is 0.191 e. The van der Waals surface area contributed by atoms with Crippen molar-refractivity contribution in [1.29, 1.82) is 0 Å². The fourth-order valence-corrected chi connectivity index (χ4v) is 2.77. The van der Waals surface area contributed by atoms with Crippen LogP contribution in [0, 0.1) is 0 Å². The van der Waals surface area contributed by atoms with Crippen LogP contribution in [0.25, 0.3) is 0 Å². The lowest BCUT2D eigenvalue weighted by Gasteiger charge is -2.11. The van der Waals surface area contributed by atoms with E-state index in [1.807, 2.05) is 25.2 Å². The van der Waals surface area contributed by atoms with Gasteiger partial charge in [-0.25, -0.2) is 9.98 Å². The number of hydrogen-bond donors (Lipinski definition) is 2. The maximum absolute atomic E-state index is 6.07. The fraction of sp³-hybridized carbons (Fsp3) is 0.438. The number of guanidine groups is 1. The van der Waals surface area contributed by atoms with Gasteiger partial charge in [0.25, 0.3) is 0 Å². The topological polar surface area (TPSA) is 67.1 Å². The van der Waals surface area contributed by atoms with Gasteiger partial charge in [0.1, 0.15) is 18.7 Å². The second kappa shape index (κ2) is 8.66. The van der Waals surface area contributed by atoms with E-state index in [2.05, 4.69) is 38.7 Å². The second-order valence-corrected chi connectivity index (χ2v) is 6.08. The summed E-state index contributed by atoms with van der Waals surface area (Å²) in [5.74, 6) is 2.14. The molecule has 2 unspecified atom stereocenters. The number of nitrogens with zero attached hydrogens (tertiary/aromatic N) is 4.